The highest BCUT2D eigenvalue weighted by molar-refractivity contribution is 7.09. The summed E-state index contributed by atoms with van der Waals surface area (Å²) in [5.41, 5.74) is 1.37. The zero-order valence-corrected chi connectivity index (χ0v) is 19.9. The van der Waals surface area contributed by atoms with Gasteiger partial charge in [-0.25, -0.2) is 4.98 Å². The van der Waals surface area contributed by atoms with E-state index in [1.54, 1.807) is 11.3 Å². The van der Waals surface area contributed by atoms with Crippen molar-refractivity contribution < 1.29 is 0 Å². The molecule has 0 saturated heterocycles. The summed E-state index contributed by atoms with van der Waals surface area (Å²) >= 11 is 1.70. The van der Waals surface area contributed by atoms with Crippen LogP contribution in [0.5, 0.6) is 0 Å². The molecule has 1 aromatic heterocycles. The van der Waals surface area contributed by atoms with Gasteiger partial charge in [-0.2, -0.15) is 0 Å². The molecule has 0 aliphatic carbocycles. The second-order valence-electron chi connectivity index (χ2n) is 8.01. The topological polar surface area (TPSA) is 61.0 Å². The molecule has 0 saturated carbocycles. The van der Waals surface area contributed by atoms with Gasteiger partial charge in [0, 0.05) is 43.8 Å². The van der Waals surface area contributed by atoms with E-state index in [0.29, 0.717) is 6.04 Å². The summed E-state index contributed by atoms with van der Waals surface area (Å²) in [5, 5.41) is 17.4. The number of aromatic nitrogens is 1. The molecule has 0 bridgehead atoms. The summed E-state index contributed by atoms with van der Waals surface area (Å²) in [5.74, 6) is 0. The van der Waals surface area contributed by atoms with Crippen molar-refractivity contribution in [3.8, 4) is 0 Å². The van der Waals surface area contributed by atoms with Gasteiger partial charge in [0.2, 0.25) is 0 Å². The van der Waals surface area contributed by atoms with Crippen LogP contribution in [-0.2, 0) is 13.1 Å². The number of benzene rings is 1. The molecule has 173 valence electrons. The monoisotopic (exact) mass is 444 g/mol. The average Bonchev–Trinajstić information content (AvgIpc) is 3.32. The lowest BCUT2D eigenvalue weighted by molar-refractivity contribution is 0.452. The van der Waals surface area contributed by atoms with Crippen molar-refractivity contribution in [2.45, 2.75) is 64.1 Å². The third-order valence-corrected chi connectivity index (χ3v) is 6.16. The fourth-order valence-electron chi connectivity index (χ4n) is 3.53. The molecule has 0 fully saturated rings. The lowest BCUT2D eigenvalue weighted by atomic mass is 10.1. The molecule has 6 heteroatoms. The summed E-state index contributed by atoms with van der Waals surface area (Å²) in [7, 11) is 0. The quantitative estimate of drug-likeness (QED) is 0.231. The largest absolute Gasteiger partial charge is 0.317 e. The third kappa shape index (κ3) is 13.7. The number of nitrogens with one attached hydrogen (secondary N) is 4. The molecule has 1 unspecified atom stereocenters. The smallest absolute Gasteiger partial charge is 0.106 e. The minimum Gasteiger partial charge on any atom is -0.317 e. The van der Waals surface area contributed by atoms with Crippen molar-refractivity contribution >= 4 is 11.3 Å². The zero-order chi connectivity index (χ0) is 21.8. The highest BCUT2D eigenvalue weighted by atomic mass is 32.1. The van der Waals surface area contributed by atoms with E-state index in [1.165, 1.54) is 44.1 Å². The van der Waals surface area contributed by atoms with Crippen molar-refractivity contribution in [3.05, 3.63) is 59.4 Å². The molecule has 1 heterocycles. The molecule has 4 N–H and O–H groups in total. The molecule has 0 spiro atoms. The van der Waals surface area contributed by atoms with Crippen LogP contribution in [0.25, 0.3) is 0 Å². The Morgan fingerprint density at radius 3 is 2.29 bits per heavy atom. The summed E-state index contributed by atoms with van der Waals surface area (Å²) in [6.45, 7) is 11.3. The first-order chi connectivity index (χ1) is 15.4. The Bertz CT molecular complexity index is 620. The van der Waals surface area contributed by atoms with Crippen LogP contribution in [0.4, 0.5) is 0 Å². The van der Waals surface area contributed by atoms with Gasteiger partial charge in [-0.15, -0.1) is 11.3 Å². The van der Waals surface area contributed by atoms with Crippen molar-refractivity contribution in [2.24, 2.45) is 0 Å². The van der Waals surface area contributed by atoms with Gasteiger partial charge in [0.25, 0.3) is 0 Å². The third-order valence-electron chi connectivity index (χ3n) is 5.38. The Hall–Kier alpha value is -1.31. The van der Waals surface area contributed by atoms with Crippen LogP contribution in [0.1, 0.15) is 55.5 Å². The van der Waals surface area contributed by atoms with Crippen LogP contribution >= 0.6 is 11.3 Å². The van der Waals surface area contributed by atoms with Crippen molar-refractivity contribution in [2.75, 3.05) is 32.7 Å². The van der Waals surface area contributed by atoms with E-state index in [0.717, 1.165) is 57.2 Å². The van der Waals surface area contributed by atoms with Gasteiger partial charge in [-0.05, 0) is 57.3 Å². The number of unbranched alkanes of at least 4 members (excludes halogenated alkanes) is 3. The Balaban J connectivity index is 1.31. The van der Waals surface area contributed by atoms with Crippen LogP contribution in [0.2, 0.25) is 0 Å². The number of nitrogens with zero attached hydrogens (tertiary/aromatic N) is 1. The van der Waals surface area contributed by atoms with E-state index >= 15 is 0 Å². The molecule has 0 aliphatic rings. The van der Waals surface area contributed by atoms with Gasteiger partial charge < -0.3 is 21.3 Å². The Kier molecular flexibility index (Phi) is 15.3. The fourth-order valence-corrected chi connectivity index (χ4v) is 4.12. The molecule has 1 aromatic carbocycles. The normalized spacial score (nSPS) is 12.3. The van der Waals surface area contributed by atoms with Gasteiger partial charge in [-0.1, -0.05) is 50.1 Å². The first-order valence-electron chi connectivity index (χ1n) is 12.0. The molecule has 1 radical (unpaired) electrons. The van der Waals surface area contributed by atoms with Gasteiger partial charge in [0.1, 0.15) is 5.01 Å². The standard InChI is InChI=1S/C25H42N5S/c1-2-24(29-18-17-28-22-25-30-19-20-31-25)13-10-16-26-14-8-3-4-9-15-27-21-23-11-6-5-7-12-23/h5-7,11-12,19-20,24,26-29H,1-4,8-10,13-18,21-22H2. The number of thiazole rings is 1. The number of hydrogen-bond donors (Lipinski definition) is 4. The van der Waals surface area contributed by atoms with Crippen molar-refractivity contribution in [1.82, 2.24) is 26.3 Å². The Morgan fingerprint density at radius 1 is 0.806 bits per heavy atom. The fraction of sp³-hybridized carbons (Fsp3) is 0.600. The van der Waals surface area contributed by atoms with E-state index in [9.17, 15) is 0 Å². The summed E-state index contributed by atoms with van der Waals surface area (Å²) in [6.07, 6.45) is 10.4. The molecule has 31 heavy (non-hydrogen) atoms. The summed E-state index contributed by atoms with van der Waals surface area (Å²) in [4.78, 5) is 4.28. The predicted molar refractivity (Wildman–Crippen MR) is 134 cm³/mol. The maximum atomic E-state index is 4.28. The lowest BCUT2D eigenvalue weighted by Crippen LogP contribution is -2.35. The second kappa shape index (κ2) is 18.3. The van der Waals surface area contributed by atoms with Gasteiger partial charge >= 0.3 is 0 Å². The zero-order valence-electron chi connectivity index (χ0n) is 19.1. The maximum absolute atomic E-state index is 4.28. The van der Waals surface area contributed by atoms with E-state index in [-0.39, 0.29) is 0 Å². The highest BCUT2D eigenvalue weighted by Gasteiger charge is 2.04. The molecule has 5 nitrogen and oxygen atoms in total. The van der Waals surface area contributed by atoms with Gasteiger partial charge in [-0.3, -0.25) is 0 Å². The molecule has 1 atom stereocenters. The molecule has 0 aliphatic heterocycles. The highest BCUT2D eigenvalue weighted by Crippen LogP contribution is 2.03. The van der Waals surface area contributed by atoms with E-state index in [1.807, 2.05) is 11.6 Å². The van der Waals surface area contributed by atoms with Crippen molar-refractivity contribution in [3.63, 3.8) is 0 Å². The van der Waals surface area contributed by atoms with Crippen LogP contribution in [-0.4, -0.2) is 43.7 Å². The predicted octanol–water partition coefficient (Wildman–Crippen LogP) is 4.14. The minimum atomic E-state index is 0.520. The van der Waals surface area contributed by atoms with Gasteiger partial charge in [0.15, 0.2) is 0 Å². The first-order valence-corrected chi connectivity index (χ1v) is 12.8. The minimum absolute atomic E-state index is 0.520. The summed E-state index contributed by atoms with van der Waals surface area (Å²) < 4.78 is 0. The van der Waals surface area contributed by atoms with Crippen LogP contribution in [0.3, 0.4) is 0 Å². The Labute approximate surface area is 193 Å². The average molecular weight is 445 g/mol. The SMILES string of the molecule is [CH2]CC(CCCNCCCCCCNCc1ccccc1)NCCNCc1nccs1. The molecule has 0 amide bonds. The first kappa shape index (κ1) is 25.9. The Morgan fingerprint density at radius 2 is 1.55 bits per heavy atom. The van der Waals surface area contributed by atoms with Crippen LogP contribution in [0, 0.1) is 6.92 Å². The van der Waals surface area contributed by atoms with Crippen LogP contribution in [0.15, 0.2) is 41.9 Å². The van der Waals surface area contributed by atoms with E-state index in [2.05, 4.69) is 63.5 Å². The van der Waals surface area contributed by atoms with Gasteiger partial charge in [0.05, 0.1) is 0 Å². The summed E-state index contributed by atoms with van der Waals surface area (Å²) in [6, 6.07) is 11.1. The maximum Gasteiger partial charge on any atom is 0.106 e. The molecule has 2 aromatic rings. The number of rotatable bonds is 20. The molecular weight excluding hydrogens is 402 g/mol. The van der Waals surface area contributed by atoms with E-state index < -0.39 is 0 Å². The van der Waals surface area contributed by atoms with E-state index in [4.69, 9.17) is 0 Å². The van der Waals surface area contributed by atoms with Crippen LogP contribution < -0.4 is 21.3 Å². The lowest BCUT2D eigenvalue weighted by Gasteiger charge is -2.17. The molecular formula is C25H42N5S. The van der Waals surface area contributed by atoms with Crippen molar-refractivity contribution in [1.29, 1.82) is 0 Å². The second-order valence-corrected chi connectivity index (χ2v) is 8.99. The number of hydrogen-bond acceptors (Lipinski definition) is 6. The molecule has 2 rings (SSSR count).